The summed E-state index contributed by atoms with van der Waals surface area (Å²) < 4.78 is 40.1. The van der Waals surface area contributed by atoms with Crippen LogP contribution in [0.1, 0.15) is 20.1 Å². The van der Waals surface area contributed by atoms with Crippen molar-refractivity contribution in [3.8, 4) is 5.75 Å². The molecule has 2 aromatic rings. The summed E-state index contributed by atoms with van der Waals surface area (Å²) in [7, 11) is -0.0134. The van der Waals surface area contributed by atoms with Crippen LogP contribution in [0, 0.1) is 0 Å². The molecular weight excluding hydrogens is 540 g/mol. The molecule has 2 heterocycles. The molecule has 3 rings (SSSR count). The summed E-state index contributed by atoms with van der Waals surface area (Å²) >= 11 is 0. The number of likely N-dealkylation sites (N-methyl/N-ethyl adjacent to an activating group) is 1. The number of carboxylic acids is 1. The van der Waals surface area contributed by atoms with Gasteiger partial charge in [-0.15, -0.1) is 0 Å². The van der Waals surface area contributed by atoms with Crippen molar-refractivity contribution >= 4 is 25.9 Å². The maximum absolute atomic E-state index is 15.6. The van der Waals surface area contributed by atoms with Crippen LogP contribution in [0.4, 0.5) is 10.2 Å². The van der Waals surface area contributed by atoms with Gasteiger partial charge in [-0.3, -0.25) is 18.7 Å². The Balaban J connectivity index is 1.71. The highest BCUT2D eigenvalue weighted by molar-refractivity contribution is 7.36. The van der Waals surface area contributed by atoms with E-state index in [2.05, 4.69) is 10.3 Å². The number of nitrogens with zero attached hydrogens (tertiary/aromatic N) is 4. The molecule has 214 valence electrons. The number of benzene rings is 1. The lowest BCUT2D eigenvalue weighted by Gasteiger charge is -2.26. The van der Waals surface area contributed by atoms with E-state index in [9.17, 15) is 29.2 Å². The molecule has 1 fully saturated rings. The highest BCUT2D eigenvalue weighted by Gasteiger charge is 2.55. The Hall–Kier alpha value is -3.20. The van der Waals surface area contributed by atoms with E-state index in [0.717, 1.165) is 17.7 Å². The van der Waals surface area contributed by atoms with E-state index in [0.29, 0.717) is 4.83 Å². The normalized spacial score (nSPS) is 24.5. The zero-order valence-corrected chi connectivity index (χ0v) is 22.7. The first kappa shape index (κ1) is 30.3. The van der Waals surface area contributed by atoms with Gasteiger partial charge in [0.2, 0.25) is 5.91 Å². The van der Waals surface area contributed by atoms with Gasteiger partial charge in [0.05, 0.1) is 13.2 Å². The molecule has 1 aliphatic rings. The molecule has 1 unspecified atom stereocenters. The summed E-state index contributed by atoms with van der Waals surface area (Å²) in [4.78, 5) is 47.5. The lowest BCUT2D eigenvalue weighted by molar-refractivity contribution is -0.148. The summed E-state index contributed by atoms with van der Waals surface area (Å²) in [5.41, 5.74) is -3.45. The number of aromatic nitrogens is 2. The van der Waals surface area contributed by atoms with Crippen molar-refractivity contribution in [3.63, 3.8) is 0 Å². The Bertz CT molecular complexity index is 1250. The summed E-state index contributed by atoms with van der Waals surface area (Å²) in [6.45, 7) is 1.69. The first-order valence-electron chi connectivity index (χ1n) is 11.8. The number of aliphatic hydroxyl groups excluding tert-OH is 1. The van der Waals surface area contributed by atoms with Gasteiger partial charge in [0.1, 0.15) is 29.8 Å². The zero-order valence-electron chi connectivity index (χ0n) is 21.7. The number of amides is 1. The van der Waals surface area contributed by atoms with Crippen molar-refractivity contribution < 1.29 is 42.9 Å². The third kappa shape index (κ3) is 7.47. The number of aliphatic hydroxyl groups is 1. The van der Waals surface area contributed by atoms with E-state index in [1.165, 1.54) is 25.1 Å². The second kappa shape index (κ2) is 12.8. The van der Waals surface area contributed by atoms with Crippen molar-refractivity contribution in [3.05, 3.63) is 53.1 Å². The smallest absolute Gasteiger partial charge is 0.351 e. The van der Waals surface area contributed by atoms with E-state index < -0.39 is 62.5 Å². The average molecular weight is 571 g/mol. The van der Waals surface area contributed by atoms with Crippen LogP contribution in [0.5, 0.6) is 5.75 Å². The van der Waals surface area contributed by atoms with Crippen LogP contribution in [0.2, 0.25) is 0 Å². The molecule has 6 atom stereocenters. The number of hydroxylamine groups is 1. The molecule has 1 amide bonds. The molecule has 0 saturated carbocycles. The van der Waals surface area contributed by atoms with Crippen molar-refractivity contribution in [2.45, 2.75) is 44.0 Å². The minimum absolute atomic E-state index is 0.0493. The molecule has 1 aliphatic heterocycles. The lowest BCUT2D eigenvalue weighted by atomic mass is 9.98. The molecule has 39 heavy (non-hydrogen) atoms. The van der Waals surface area contributed by atoms with E-state index >= 15 is 4.39 Å². The van der Waals surface area contributed by atoms with Gasteiger partial charge < -0.3 is 34.5 Å². The molecule has 14 nitrogen and oxygen atoms in total. The number of carbonyl (C=O) groups is 2. The van der Waals surface area contributed by atoms with Crippen LogP contribution in [-0.4, -0.2) is 92.5 Å². The molecule has 1 aromatic carbocycles. The third-order valence-corrected chi connectivity index (χ3v) is 6.99. The summed E-state index contributed by atoms with van der Waals surface area (Å²) in [5, 5.41) is 22.4. The Morgan fingerprint density at radius 1 is 1.31 bits per heavy atom. The minimum atomic E-state index is -3.39. The fourth-order valence-corrected chi connectivity index (χ4v) is 4.71. The Morgan fingerprint density at radius 3 is 2.56 bits per heavy atom. The summed E-state index contributed by atoms with van der Waals surface area (Å²) in [5.74, 6) is -1.60. The molecule has 3 N–H and O–H groups in total. The number of hydrogen-bond acceptors (Lipinski definition) is 10. The van der Waals surface area contributed by atoms with Crippen LogP contribution in [0.25, 0.3) is 0 Å². The number of carbonyl (C=O) groups excluding carboxylic acids is 1. The number of hydrogen-bond donors (Lipinski definition) is 3. The van der Waals surface area contributed by atoms with Crippen molar-refractivity contribution in [1.82, 2.24) is 19.3 Å². The standard InChI is InChI=1S/C23H31FN5O9P/c1-14(20(32)33)29(38-15-8-6-5-7-9-15)39(35)36-13-16-19(31)23(2,24)21(37-16)28-11-10-17(26-22(28)34)25-18(30)12-27(3)4/h5-11,14,16,19,21,31,39H,12-13H2,1-4H3,(H,32,33)(H,25,26,30,34)/t14?,16-,19-,21-,23-/m1/s1. The predicted octanol–water partition coefficient (Wildman–Crippen LogP) is 0.905. The maximum Gasteiger partial charge on any atom is 0.351 e. The molecule has 1 saturated heterocycles. The molecule has 0 radical (unpaired) electrons. The van der Waals surface area contributed by atoms with Gasteiger partial charge >= 0.3 is 11.7 Å². The number of aliphatic carboxylic acids is 1. The van der Waals surface area contributed by atoms with Crippen LogP contribution in [0.3, 0.4) is 0 Å². The first-order chi connectivity index (χ1) is 18.3. The number of carboxylic acid groups (broad SMARTS) is 1. The highest BCUT2D eigenvalue weighted by atomic mass is 31.1. The molecule has 0 bridgehead atoms. The quantitative estimate of drug-likeness (QED) is 0.243. The van der Waals surface area contributed by atoms with Gasteiger partial charge in [0.15, 0.2) is 11.9 Å². The third-order valence-electron chi connectivity index (χ3n) is 5.73. The van der Waals surface area contributed by atoms with Crippen LogP contribution < -0.4 is 15.8 Å². The van der Waals surface area contributed by atoms with Crippen LogP contribution in [-0.2, 0) is 23.4 Å². The topological polar surface area (TPSA) is 173 Å². The van der Waals surface area contributed by atoms with Gasteiger partial charge in [0.25, 0.3) is 8.18 Å². The predicted molar refractivity (Wildman–Crippen MR) is 136 cm³/mol. The lowest BCUT2D eigenvalue weighted by Crippen LogP contribution is -2.43. The summed E-state index contributed by atoms with van der Waals surface area (Å²) in [6, 6.07) is 7.89. The number of alkyl halides is 1. The SMILES string of the molecule is CC(C(=O)O)N(Oc1ccccc1)[P@@H](=O)OC[C@H]1O[C@@H](n2ccc(NC(=O)CN(C)C)nc2=O)[C@](C)(F)[C@@H]1O. The number of para-hydroxylation sites is 1. The molecule has 1 aromatic heterocycles. The number of anilines is 1. The second-order valence-electron chi connectivity index (χ2n) is 9.23. The Morgan fingerprint density at radius 2 is 1.97 bits per heavy atom. The van der Waals surface area contributed by atoms with E-state index in [1.807, 2.05) is 0 Å². The molecule has 0 spiro atoms. The Kier molecular flexibility index (Phi) is 9.93. The molecule has 0 aliphatic carbocycles. The van der Waals surface area contributed by atoms with Gasteiger partial charge in [-0.25, -0.2) is 9.18 Å². The maximum atomic E-state index is 15.6. The monoisotopic (exact) mass is 571 g/mol. The zero-order chi connectivity index (χ0) is 28.9. The van der Waals surface area contributed by atoms with E-state index in [4.69, 9.17) is 14.1 Å². The second-order valence-corrected chi connectivity index (χ2v) is 10.5. The summed E-state index contributed by atoms with van der Waals surface area (Å²) in [6.07, 6.45) is -3.68. The molecular formula is C23H31FN5O9P. The van der Waals surface area contributed by atoms with Gasteiger partial charge in [0, 0.05) is 6.20 Å². The highest BCUT2D eigenvalue weighted by Crippen LogP contribution is 2.42. The number of rotatable bonds is 12. The van der Waals surface area contributed by atoms with Gasteiger partial charge in [-0.05, 0) is 46.1 Å². The fraction of sp³-hybridized carbons (Fsp3) is 0.478. The van der Waals surface area contributed by atoms with Crippen molar-refractivity contribution in [2.75, 3.05) is 32.6 Å². The van der Waals surface area contributed by atoms with Gasteiger partial charge in [-0.1, -0.05) is 23.0 Å². The van der Waals surface area contributed by atoms with Crippen molar-refractivity contribution in [1.29, 1.82) is 0 Å². The van der Waals surface area contributed by atoms with E-state index in [-0.39, 0.29) is 18.1 Å². The first-order valence-corrected chi connectivity index (χ1v) is 13.1. The fourth-order valence-electron chi connectivity index (χ4n) is 3.67. The number of nitrogens with one attached hydrogen (secondary N) is 1. The van der Waals surface area contributed by atoms with E-state index in [1.54, 1.807) is 37.2 Å². The average Bonchev–Trinajstić information content (AvgIpc) is 3.09. The van der Waals surface area contributed by atoms with Gasteiger partial charge in [-0.2, -0.15) is 4.98 Å². The number of halogens is 1. The Labute approximate surface area is 223 Å². The molecule has 16 heteroatoms. The van der Waals surface area contributed by atoms with Crippen LogP contribution >= 0.6 is 8.18 Å². The largest absolute Gasteiger partial charge is 0.480 e. The number of ether oxygens (including phenoxy) is 1. The van der Waals surface area contributed by atoms with Crippen LogP contribution in [0.15, 0.2) is 47.4 Å². The minimum Gasteiger partial charge on any atom is -0.480 e. The van der Waals surface area contributed by atoms with Crippen molar-refractivity contribution in [2.24, 2.45) is 0 Å².